The van der Waals surface area contributed by atoms with E-state index in [2.05, 4.69) is 0 Å². The van der Waals surface area contributed by atoms with Crippen LogP contribution in [-0.2, 0) is 16.4 Å². The predicted molar refractivity (Wildman–Crippen MR) is 77.8 cm³/mol. The lowest BCUT2D eigenvalue weighted by Gasteiger charge is -2.18. The second kappa shape index (κ2) is 4.36. The van der Waals surface area contributed by atoms with Crippen molar-refractivity contribution in [1.82, 2.24) is 4.90 Å². The van der Waals surface area contributed by atoms with Gasteiger partial charge in [-0.2, -0.15) is 0 Å². The van der Waals surface area contributed by atoms with E-state index in [-0.39, 0.29) is 11.0 Å². The van der Waals surface area contributed by atoms with E-state index in [0.717, 1.165) is 15.6 Å². The van der Waals surface area contributed by atoms with E-state index in [4.69, 9.17) is 12.2 Å². The molecule has 1 atom stereocenters. The van der Waals surface area contributed by atoms with Gasteiger partial charge in [0.05, 0.1) is 16.4 Å². The second-order valence-corrected chi connectivity index (χ2v) is 8.05. The van der Waals surface area contributed by atoms with Crippen LogP contribution in [0.25, 0.3) is 0 Å². The lowest BCUT2D eigenvalue weighted by molar-refractivity contribution is 0.526. The molecule has 6 heteroatoms. The van der Waals surface area contributed by atoms with Gasteiger partial charge in [-0.15, -0.1) is 0 Å². The van der Waals surface area contributed by atoms with Crippen molar-refractivity contribution in [3.63, 3.8) is 0 Å². The fourth-order valence-corrected chi connectivity index (χ4v) is 5.80. The van der Waals surface area contributed by atoms with E-state index in [0.29, 0.717) is 6.54 Å². The van der Waals surface area contributed by atoms with Crippen LogP contribution in [-0.4, -0.2) is 28.6 Å². The van der Waals surface area contributed by atoms with Crippen LogP contribution in [0.1, 0.15) is 5.56 Å². The summed E-state index contributed by atoms with van der Waals surface area (Å²) in [5, 5.41) is 1.37. The molecule has 0 N–H and O–H groups in total. The van der Waals surface area contributed by atoms with E-state index in [1.54, 1.807) is 0 Å². The van der Waals surface area contributed by atoms with Crippen molar-refractivity contribution in [3.05, 3.63) is 47.0 Å². The maximum absolute atomic E-state index is 11.6. The first-order valence-corrected chi connectivity index (χ1v) is 8.52. The molecule has 1 saturated heterocycles. The largest absolute Gasteiger partial charge is 0.325 e. The monoisotopic (exact) mass is 297 g/mol. The van der Waals surface area contributed by atoms with Gasteiger partial charge in [0.2, 0.25) is 0 Å². The number of nitrogens with zero attached hydrogens (tertiary/aromatic N) is 1. The highest BCUT2D eigenvalue weighted by Gasteiger charge is 2.41. The molecule has 0 saturated carbocycles. The normalized spacial score (nSPS) is 25.1. The molecule has 0 aliphatic carbocycles. The van der Waals surface area contributed by atoms with E-state index in [9.17, 15) is 8.42 Å². The maximum Gasteiger partial charge on any atom is 0.174 e. The number of hydrogen-bond donors (Lipinski definition) is 0. The highest BCUT2D eigenvalue weighted by Crippen LogP contribution is 2.40. The van der Waals surface area contributed by atoms with E-state index >= 15 is 0 Å². The van der Waals surface area contributed by atoms with Crippen LogP contribution in [0, 0.1) is 0 Å². The Morgan fingerprint density at radius 2 is 2.06 bits per heavy atom. The van der Waals surface area contributed by atoms with Gasteiger partial charge in [0.25, 0.3) is 0 Å². The standard InChI is InChI=1S/C12H11NO2S3/c14-18(15)7-10-11(8-18)17-12(16)13(10)6-9-4-2-1-3-5-9/h1-5,7,11H,6,8H2/t11-/m0/s1. The molecule has 3 nitrogen and oxygen atoms in total. The third kappa shape index (κ3) is 2.20. The highest BCUT2D eigenvalue weighted by molar-refractivity contribution is 8.24. The van der Waals surface area contributed by atoms with Gasteiger partial charge >= 0.3 is 0 Å². The van der Waals surface area contributed by atoms with Crippen molar-refractivity contribution >= 4 is 38.1 Å². The number of thiocarbonyl (C=S) groups is 1. The zero-order valence-corrected chi connectivity index (χ0v) is 11.9. The minimum atomic E-state index is -3.04. The molecule has 2 aliphatic rings. The summed E-state index contributed by atoms with van der Waals surface area (Å²) < 4.78 is 23.9. The Balaban J connectivity index is 1.90. The second-order valence-electron chi connectivity index (χ2n) is 4.32. The summed E-state index contributed by atoms with van der Waals surface area (Å²) in [7, 11) is -3.04. The molecule has 0 amide bonds. The number of fused-ring (bicyclic) bond motifs is 1. The van der Waals surface area contributed by atoms with Gasteiger partial charge in [0.15, 0.2) is 9.84 Å². The summed E-state index contributed by atoms with van der Waals surface area (Å²) in [6.07, 6.45) is 0. The van der Waals surface area contributed by atoms with Crippen LogP contribution in [0.15, 0.2) is 41.4 Å². The molecule has 0 spiro atoms. The first-order chi connectivity index (χ1) is 8.55. The van der Waals surface area contributed by atoms with Crippen LogP contribution in [0.2, 0.25) is 0 Å². The predicted octanol–water partition coefficient (Wildman–Crippen LogP) is 2.16. The summed E-state index contributed by atoms with van der Waals surface area (Å²) in [6, 6.07) is 9.94. The van der Waals surface area contributed by atoms with Gasteiger partial charge in [0.1, 0.15) is 4.32 Å². The molecule has 2 aliphatic heterocycles. The lowest BCUT2D eigenvalue weighted by atomic mass is 10.2. The molecule has 0 aromatic heterocycles. The maximum atomic E-state index is 11.6. The number of sulfone groups is 1. The molecular formula is C12H11NO2S3. The molecule has 0 radical (unpaired) electrons. The van der Waals surface area contributed by atoms with Gasteiger partial charge in [-0.3, -0.25) is 0 Å². The fraction of sp³-hybridized carbons (Fsp3) is 0.250. The summed E-state index contributed by atoms with van der Waals surface area (Å²) in [5.41, 5.74) is 1.97. The SMILES string of the molecule is O=S1(=O)C=C2[C@H](C1)SC(=S)N2Cc1ccccc1. The van der Waals surface area contributed by atoms with Gasteiger partial charge < -0.3 is 4.90 Å². The molecular weight excluding hydrogens is 286 g/mol. The molecule has 0 unspecified atom stereocenters. The van der Waals surface area contributed by atoms with Crippen LogP contribution in [0.3, 0.4) is 0 Å². The minimum Gasteiger partial charge on any atom is -0.325 e. The Kier molecular flexibility index (Phi) is 2.96. The third-order valence-electron chi connectivity index (χ3n) is 2.97. The van der Waals surface area contributed by atoms with Gasteiger partial charge in [-0.25, -0.2) is 8.42 Å². The van der Waals surface area contributed by atoms with Crippen molar-refractivity contribution in [3.8, 4) is 0 Å². The molecule has 3 rings (SSSR count). The first-order valence-electron chi connectivity index (χ1n) is 5.51. The van der Waals surface area contributed by atoms with Crippen LogP contribution >= 0.6 is 24.0 Å². The minimum absolute atomic E-state index is 0.00814. The van der Waals surface area contributed by atoms with Crippen molar-refractivity contribution < 1.29 is 8.42 Å². The summed E-state index contributed by atoms with van der Waals surface area (Å²) in [4.78, 5) is 1.94. The lowest BCUT2D eigenvalue weighted by Crippen LogP contribution is -2.21. The molecule has 1 aromatic carbocycles. The smallest absolute Gasteiger partial charge is 0.174 e. The molecule has 18 heavy (non-hydrogen) atoms. The molecule has 0 bridgehead atoms. The average Bonchev–Trinajstić information content (AvgIpc) is 2.74. The number of rotatable bonds is 2. The Labute approximate surface area is 116 Å². The summed E-state index contributed by atoms with van der Waals surface area (Å²) >= 11 is 6.80. The summed E-state index contributed by atoms with van der Waals surface area (Å²) in [6.45, 7) is 0.643. The van der Waals surface area contributed by atoms with Gasteiger partial charge in [0, 0.05) is 12.2 Å². The van der Waals surface area contributed by atoms with Gasteiger partial charge in [-0.05, 0) is 5.56 Å². The first kappa shape index (κ1) is 12.2. The van der Waals surface area contributed by atoms with E-state index in [1.165, 1.54) is 17.2 Å². The van der Waals surface area contributed by atoms with Crippen molar-refractivity contribution in [2.45, 2.75) is 11.8 Å². The van der Waals surface area contributed by atoms with E-state index < -0.39 is 9.84 Å². The topological polar surface area (TPSA) is 37.4 Å². The quantitative estimate of drug-likeness (QED) is 0.782. The fourth-order valence-electron chi connectivity index (χ4n) is 2.15. The number of benzene rings is 1. The Hall–Kier alpha value is -0.850. The van der Waals surface area contributed by atoms with Crippen molar-refractivity contribution in [2.24, 2.45) is 0 Å². The zero-order chi connectivity index (χ0) is 12.8. The molecule has 94 valence electrons. The van der Waals surface area contributed by atoms with Gasteiger partial charge in [-0.1, -0.05) is 54.3 Å². The Morgan fingerprint density at radius 1 is 1.33 bits per heavy atom. The van der Waals surface area contributed by atoms with Crippen molar-refractivity contribution in [2.75, 3.05) is 5.75 Å². The van der Waals surface area contributed by atoms with Crippen LogP contribution in [0.5, 0.6) is 0 Å². The third-order valence-corrected chi connectivity index (χ3v) is 6.21. The molecule has 2 heterocycles. The Morgan fingerprint density at radius 3 is 2.78 bits per heavy atom. The molecule has 1 fully saturated rings. The number of hydrogen-bond acceptors (Lipinski definition) is 4. The zero-order valence-electron chi connectivity index (χ0n) is 9.44. The van der Waals surface area contributed by atoms with Crippen LogP contribution < -0.4 is 0 Å². The average molecular weight is 297 g/mol. The summed E-state index contributed by atoms with van der Waals surface area (Å²) in [5.74, 6) is 0.179. The highest BCUT2D eigenvalue weighted by atomic mass is 32.2. The molecule has 1 aromatic rings. The van der Waals surface area contributed by atoms with Crippen molar-refractivity contribution in [1.29, 1.82) is 0 Å². The van der Waals surface area contributed by atoms with Crippen LogP contribution in [0.4, 0.5) is 0 Å². The Bertz CT molecular complexity index is 622. The van der Waals surface area contributed by atoms with E-state index in [1.807, 2.05) is 35.2 Å². The number of thioether (sulfide) groups is 1.